The second kappa shape index (κ2) is 5.44. The third-order valence-electron chi connectivity index (χ3n) is 3.42. The van der Waals surface area contributed by atoms with Crippen molar-refractivity contribution in [1.29, 1.82) is 0 Å². The zero-order chi connectivity index (χ0) is 16.6. The van der Waals surface area contributed by atoms with E-state index in [1.54, 1.807) is 42.5 Å². The lowest BCUT2D eigenvalue weighted by Crippen LogP contribution is -2.14. The molecule has 1 heterocycles. The molecule has 6 nitrogen and oxygen atoms in total. The van der Waals surface area contributed by atoms with Crippen molar-refractivity contribution in [1.82, 2.24) is 4.15 Å². The van der Waals surface area contributed by atoms with Crippen LogP contribution in [0, 0.1) is 6.92 Å². The number of nitrogen functional groups attached to an aromatic ring is 1. The first-order chi connectivity index (χ1) is 10.9. The number of anilines is 1. The molecule has 0 atom stereocenters. The van der Waals surface area contributed by atoms with Crippen LogP contribution in [0.5, 0.6) is 0 Å². The monoisotopic (exact) mass is 330 g/mol. The summed E-state index contributed by atoms with van der Waals surface area (Å²) in [4.78, 5) is 12.1. The van der Waals surface area contributed by atoms with Crippen LogP contribution < -0.4 is 11.4 Å². The fourth-order valence-electron chi connectivity index (χ4n) is 2.22. The van der Waals surface area contributed by atoms with Crippen LogP contribution in [0.3, 0.4) is 0 Å². The van der Waals surface area contributed by atoms with Gasteiger partial charge < -0.3 is 10.3 Å². The smallest absolute Gasteiger partial charge is 0.369 e. The summed E-state index contributed by atoms with van der Waals surface area (Å²) in [7, 11) is -4.07. The molecule has 0 radical (unpaired) electrons. The Hall–Kier alpha value is -2.80. The number of hydrogen-bond donors (Lipinski definition) is 1. The Kier molecular flexibility index (Phi) is 3.57. The summed E-state index contributed by atoms with van der Waals surface area (Å²) in [5, 5.41) is 0. The summed E-state index contributed by atoms with van der Waals surface area (Å²) in [5.41, 5.74) is 6.52. The Morgan fingerprint density at radius 3 is 2.22 bits per heavy atom. The average molecular weight is 330 g/mol. The second-order valence-electron chi connectivity index (χ2n) is 5.05. The first-order valence-electron chi connectivity index (χ1n) is 6.81. The van der Waals surface area contributed by atoms with E-state index in [9.17, 15) is 13.2 Å². The SMILES string of the molecule is Cc1ccc(S(=O)(=O)n2oc(=O)c(-c3ccccc3)c2N)cc1. The van der Waals surface area contributed by atoms with E-state index in [0.29, 0.717) is 9.71 Å². The van der Waals surface area contributed by atoms with Gasteiger partial charge in [-0.15, -0.1) is 0 Å². The number of aryl methyl sites for hydroxylation is 1. The molecule has 2 N–H and O–H groups in total. The maximum Gasteiger partial charge on any atom is 0.369 e. The summed E-state index contributed by atoms with van der Waals surface area (Å²) >= 11 is 0. The van der Waals surface area contributed by atoms with Crippen LogP contribution in [-0.4, -0.2) is 12.6 Å². The van der Waals surface area contributed by atoms with E-state index in [2.05, 4.69) is 0 Å². The minimum Gasteiger partial charge on any atom is -0.381 e. The highest BCUT2D eigenvalue weighted by Gasteiger charge is 2.26. The van der Waals surface area contributed by atoms with Gasteiger partial charge in [0.2, 0.25) is 0 Å². The highest BCUT2D eigenvalue weighted by molar-refractivity contribution is 7.89. The molecule has 0 saturated heterocycles. The van der Waals surface area contributed by atoms with Crippen molar-refractivity contribution in [2.75, 3.05) is 5.73 Å². The summed E-state index contributed by atoms with van der Waals surface area (Å²) in [6.45, 7) is 1.84. The van der Waals surface area contributed by atoms with Gasteiger partial charge in [-0.25, -0.2) is 4.79 Å². The predicted molar refractivity (Wildman–Crippen MR) is 86.6 cm³/mol. The third kappa shape index (κ3) is 2.55. The summed E-state index contributed by atoms with van der Waals surface area (Å²) in [6, 6.07) is 14.7. The molecule has 0 saturated carbocycles. The van der Waals surface area contributed by atoms with Crippen molar-refractivity contribution < 1.29 is 12.9 Å². The number of nitrogens with zero attached hydrogens (tertiary/aromatic N) is 1. The van der Waals surface area contributed by atoms with E-state index in [-0.39, 0.29) is 16.3 Å². The fraction of sp³-hybridized carbons (Fsp3) is 0.0625. The number of benzene rings is 2. The Bertz CT molecular complexity index is 1000. The first kappa shape index (κ1) is 15.1. The van der Waals surface area contributed by atoms with Crippen LogP contribution in [-0.2, 0) is 10.0 Å². The van der Waals surface area contributed by atoms with Gasteiger partial charge in [-0.1, -0.05) is 52.2 Å². The summed E-state index contributed by atoms with van der Waals surface area (Å²) in [5.74, 6) is -0.248. The molecular weight excluding hydrogens is 316 g/mol. The molecule has 0 aliphatic rings. The largest absolute Gasteiger partial charge is 0.381 e. The molecule has 118 valence electrons. The molecule has 23 heavy (non-hydrogen) atoms. The van der Waals surface area contributed by atoms with Gasteiger partial charge in [-0.2, -0.15) is 8.42 Å². The molecule has 0 spiro atoms. The molecule has 0 unspecified atom stereocenters. The van der Waals surface area contributed by atoms with E-state index in [1.807, 2.05) is 6.92 Å². The van der Waals surface area contributed by atoms with Gasteiger partial charge in [0.05, 0.1) is 4.90 Å². The minimum absolute atomic E-state index is 0.00633. The van der Waals surface area contributed by atoms with Crippen LogP contribution in [0.1, 0.15) is 5.56 Å². The van der Waals surface area contributed by atoms with Crippen molar-refractivity contribution in [3.05, 3.63) is 70.6 Å². The molecule has 0 amide bonds. The lowest BCUT2D eigenvalue weighted by Gasteiger charge is -2.06. The quantitative estimate of drug-likeness (QED) is 0.794. The van der Waals surface area contributed by atoms with Crippen LogP contribution in [0.2, 0.25) is 0 Å². The number of aromatic nitrogens is 1. The van der Waals surface area contributed by atoms with E-state index in [0.717, 1.165) is 5.56 Å². The molecule has 1 aromatic heterocycles. The van der Waals surface area contributed by atoms with Gasteiger partial charge in [-0.3, -0.25) is 0 Å². The van der Waals surface area contributed by atoms with Crippen LogP contribution in [0.4, 0.5) is 5.82 Å². The zero-order valence-electron chi connectivity index (χ0n) is 12.3. The maximum absolute atomic E-state index is 12.6. The predicted octanol–water partition coefficient (Wildman–Crippen LogP) is 2.24. The van der Waals surface area contributed by atoms with Gasteiger partial charge >= 0.3 is 5.63 Å². The van der Waals surface area contributed by atoms with Crippen molar-refractivity contribution in [3.63, 3.8) is 0 Å². The topological polar surface area (TPSA) is 95.3 Å². The number of nitrogens with two attached hydrogens (primary N) is 1. The zero-order valence-corrected chi connectivity index (χ0v) is 13.1. The lowest BCUT2D eigenvalue weighted by molar-refractivity contribution is 0.347. The Morgan fingerprint density at radius 2 is 1.61 bits per heavy atom. The van der Waals surface area contributed by atoms with E-state index >= 15 is 0 Å². The van der Waals surface area contributed by atoms with Gasteiger partial charge in [0.25, 0.3) is 10.0 Å². The standard InChI is InChI=1S/C16H14N2O4S/c1-11-7-9-13(10-8-11)23(20,21)18-15(17)14(16(19)22-18)12-5-3-2-4-6-12/h2-10H,17H2,1H3. The Labute approximate surface area is 132 Å². The number of hydrogen-bond acceptors (Lipinski definition) is 5. The third-order valence-corrected chi connectivity index (χ3v) is 5.00. The van der Waals surface area contributed by atoms with E-state index < -0.39 is 15.6 Å². The minimum atomic E-state index is -4.07. The Morgan fingerprint density at radius 1 is 1.00 bits per heavy atom. The molecule has 0 aliphatic heterocycles. The van der Waals surface area contributed by atoms with Crippen molar-refractivity contribution >= 4 is 15.8 Å². The van der Waals surface area contributed by atoms with Crippen molar-refractivity contribution in [2.45, 2.75) is 11.8 Å². The number of rotatable bonds is 3. The Balaban J connectivity index is 2.19. The van der Waals surface area contributed by atoms with Crippen LogP contribution in [0.25, 0.3) is 11.1 Å². The van der Waals surface area contributed by atoms with Gasteiger partial charge in [0.15, 0.2) is 5.82 Å². The van der Waals surface area contributed by atoms with E-state index in [4.69, 9.17) is 10.3 Å². The molecule has 3 aromatic rings. The van der Waals surface area contributed by atoms with Gasteiger partial charge in [0.1, 0.15) is 5.56 Å². The highest BCUT2D eigenvalue weighted by Crippen LogP contribution is 2.26. The first-order valence-corrected chi connectivity index (χ1v) is 8.25. The van der Waals surface area contributed by atoms with Crippen LogP contribution in [0.15, 0.2) is 68.8 Å². The normalized spacial score (nSPS) is 11.5. The maximum atomic E-state index is 12.6. The van der Waals surface area contributed by atoms with Gasteiger partial charge in [0, 0.05) is 0 Å². The van der Waals surface area contributed by atoms with E-state index in [1.165, 1.54) is 12.1 Å². The van der Waals surface area contributed by atoms with Gasteiger partial charge in [-0.05, 0) is 24.6 Å². The molecule has 7 heteroatoms. The molecule has 0 fully saturated rings. The highest BCUT2D eigenvalue weighted by atomic mass is 32.2. The molecule has 0 bridgehead atoms. The summed E-state index contributed by atoms with van der Waals surface area (Å²) in [6.07, 6.45) is 0. The molecule has 2 aromatic carbocycles. The fourth-order valence-corrected chi connectivity index (χ4v) is 3.41. The van der Waals surface area contributed by atoms with Crippen LogP contribution >= 0.6 is 0 Å². The second-order valence-corrected chi connectivity index (χ2v) is 6.80. The molecule has 3 rings (SSSR count). The molecular formula is C16H14N2O4S. The summed E-state index contributed by atoms with van der Waals surface area (Å²) < 4.78 is 30.6. The average Bonchev–Trinajstić information content (AvgIpc) is 2.84. The molecule has 0 aliphatic carbocycles. The van der Waals surface area contributed by atoms with Crippen molar-refractivity contribution in [3.8, 4) is 11.1 Å². The van der Waals surface area contributed by atoms with Crippen molar-refractivity contribution in [2.24, 2.45) is 0 Å². The lowest BCUT2D eigenvalue weighted by atomic mass is 10.1.